The first-order valence-corrected chi connectivity index (χ1v) is 47.2. The minimum Gasteiger partial charge on any atom is -0.399 e. The van der Waals surface area contributed by atoms with Crippen molar-refractivity contribution >= 4 is 73.4 Å². The van der Waals surface area contributed by atoms with Crippen molar-refractivity contribution in [2.75, 3.05) is 0 Å². The number of fused-ring (bicyclic) bond motifs is 3. The lowest BCUT2D eigenvalue weighted by Gasteiger charge is -2.32. The van der Waals surface area contributed by atoms with Crippen LogP contribution in [0.2, 0.25) is 0 Å². The maximum atomic E-state index is 6.58. The monoisotopic (exact) mass is 1870 g/mol. The summed E-state index contributed by atoms with van der Waals surface area (Å²) in [6, 6.07) is 125. The van der Waals surface area contributed by atoms with E-state index in [4.69, 9.17) is 58.5 Å². The molecule has 2 aliphatic rings. The molecule has 16 nitrogen and oxygen atoms in total. The molecule has 19 heteroatoms. The van der Waals surface area contributed by atoms with E-state index < -0.39 is 36.6 Å². The molecule has 0 aliphatic carbocycles. The van der Waals surface area contributed by atoms with Crippen molar-refractivity contribution in [2.45, 2.75) is 77.8 Å². The number of benzene rings is 13. The molecule has 0 radical (unpaired) electrons. The van der Waals surface area contributed by atoms with Gasteiger partial charge in [0.15, 0.2) is 34.9 Å². The quantitative estimate of drug-likeness (QED) is 0.0781. The van der Waals surface area contributed by atoms with Crippen LogP contribution in [-0.4, -0.2) is 96.4 Å². The van der Waals surface area contributed by atoms with Gasteiger partial charge in [-0.05, 0) is 221 Å². The van der Waals surface area contributed by atoms with Crippen LogP contribution in [0.1, 0.15) is 55.4 Å². The van der Waals surface area contributed by atoms with Crippen molar-refractivity contribution in [3.63, 3.8) is 0 Å². The fourth-order valence-electron chi connectivity index (χ4n) is 17.5. The third-order valence-electron chi connectivity index (χ3n) is 26.4. The van der Waals surface area contributed by atoms with Gasteiger partial charge in [-0.25, -0.2) is 29.9 Å². The minimum absolute atomic E-state index is 0.515. The zero-order valence-corrected chi connectivity index (χ0v) is 79.5. The summed E-state index contributed by atoms with van der Waals surface area (Å²) >= 11 is 3.39. The molecule has 0 saturated carbocycles. The van der Waals surface area contributed by atoms with Crippen LogP contribution in [-0.2, 0) is 18.6 Å². The van der Waals surface area contributed by atoms with Crippen LogP contribution >= 0.6 is 15.9 Å². The van der Waals surface area contributed by atoms with Crippen molar-refractivity contribution in [1.29, 1.82) is 0 Å². The summed E-state index contributed by atoms with van der Waals surface area (Å²) in [5.74, 6) is 3.34. The van der Waals surface area contributed by atoms with E-state index in [1.807, 2.05) is 171 Å². The van der Waals surface area contributed by atoms with E-state index in [1.165, 1.54) is 5.39 Å². The van der Waals surface area contributed by atoms with Gasteiger partial charge in [0.05, 0.1) is 39.5 Å². The van der Waals surface area contributed by atoms with Gasteiger partial charge in [0, 0.05) is 138 Å². The number of nitrogens with zero attached hydrogens (tertiary/aromatic N) is 12. The van der Waals surface area contributed by atoms with Crippen LogP contribution < -0.4 is 10.9 Å². The second kappa shape index (κ2) is 38.3. The lowest BCUT2D eigenvalue weighted by atomic mass is 9.71. The summed E-state index contributed by atoms with van der Waals surface area (Å²) in [7, 11) is -1.25. The standard InChI is InChI=1S/C61H39N7.C45H45B2N3O4.C14H9BrN2/c1-3-13-40(14-4-1)42-19-11-21-44(29-42)59-66-60(45-22-12-20-43(30-45)41-15-5-2-6-16-41)68-61(67-59)52-32-50(46-25-27-57(64-36-46)55-38-62-34-48-17-7-9-23-53(48)55)31-51(33-52)47-26-28-58(65-37-47)56-39-63-35-49-18-8-10-24-54(49)56;1-42(2)43(3,4)52-46(51-42)37-27-36(28-38(29-37)47-53-44(5,6)45(7,8)54-47)41-49-39(34-23-15-21-32(25-34)30-17-11-9-12-18-30)48-40(50-41)35-24-16-22-33(26-35)31-19-13-10-14-20-31;15-11-5-6-14(17-8-11)13-9-16-7-10-3-1-2-4-12(10)13/h1-39H;9-29H,1-8H3;1-9H. The Hall–Kier alpha value is -16.0. The van der Waals surface area contributed by atoms with Gasteiger partial charge in [0.25, 0.3) is 0 Å². The number of aromatic nitrogens is 12. The molecule has 23 rings (SSSR count). The number of rotatable bonds is 17. The first kappa shape index (κ1) is 89.5. The van der Waals surface area contributed by atoms with Crippen LogP contribution in [0.5, 0.6) is 0 Å². The topological polar surface area (TPSA) is 192 Å². The zero-order valence-electron chi connectivity index (χ0n) is 77.9. The fraction of sp³-hybridized carbons (Fsp3) is 0.100. The van der Waals surface area contributed by atoms with Gasteiger partial charge in [-0.1, -0.05) is 297 Å². The highest BCUT2D eigenvalue weighted by Crippen LogP contribution is 2.43. The Balaban J connectivity index is 0.000000144. The van der Waals surface area contributed by atoms with E-state index in [2.05, 4.69) is 334 Å². The van der Waals surface area contributed by atoms with E-state index in [0.717, 1.165) is 176 Å². The van der Waals surface area contributed by atoms with Gasteiger partial charge in [0.2, 0.25) is 0 Å². The molecule has 10 heterocycles. The van der Waals surface area contributed by atoms with Crippen molar-refractivity contribution in [3.05, 3.63) is 424 Å². The van der Waals surface area contributed by atoms with Gasteiger partial charge in [-0.3, -0.25) is 29.9 Å². The molecule has 0 spiro atoms. The Labute approximate surface area is 817 Å². The molecule has 0 N–H and O–H groups in total. The molecule has 0 amide bonds. The van der Waals surface area contributed by atoms with Gasteiger partial charge in [-0.2, -0.15) is 0 Å². The van der Waals surface area contributed by atoms with Crippen LogP contribution in [0.3, 0.4) is 0 Å². The van der Waals surface area contributed by atoms with Crippen molar-refractivity contribution in [3.8, 4) is 169 Å². The van der Waals surface area contributed by atoms with Crippen molar-refractivity contribution in [1.82, 2.24) is 59.8 Å². The predicted molar refractivity (Wildman–Crippen MR) is 566 cm³/mol. The normalized spacial score (nSPS) is 13.9. The maximum Gasteiger partial charge on any atom is 0.494 e. The number of hydrogen-bond acceptors (Lipinski definition) is 16. The lowest BCUT2D eigenvalue weighted by Crippen LogP contribution is -2.41. The van der Waals surface area contributed by atoms with Crippen molar-refractivity contribution < 1.29 is 18.6 Å². The third kappa shape index (κ3) is 19.1. The molecule has 0 unspecified atom stereocenters. The largest absolute Gasteiger partial charge is 0.494 e. The molecule has 0 atom stereocenters. The van der Waals surface area contributed by atoms with Gasteiger partial charge < -0.3 is 18.6 Å². The van der Waals surface area contributed by atoms with Gasteiger partial charge >= 0.3 is 14.2 Å². The molecule has 2 saturated heterocycles. The molecule has 2 fully saturated rings. The third-order valence-corrected chi connectivity index (χ3v) is 26.9. The first-order chi connectivity index (χ1) is 67.7. The summed E-state index contributed by atoms with van der Waals surface area (Å²) < 4.78 is 27.3. The van der Waals surface area contributed by atoms with E-state index in [0.29, 0.717) is 34.9 Å². The first-order valence-electron chi connectivity index (χ1n) is 46.4. The highest BCUT2D eigenvalue weighted by atomic mass is 79.9. The Morgan fingerprint density at radius 1 is 0.201 bits per heavy atom. The Morgan fingerprint density at radius 2 is 0.453 bits per heavy atom. The second-order valence-electron chi connectivity index (χ2n) is 36.7. The van der Waals surface area contributed by atoms with Gasteiger partial charge in [-0.15, -0.1) is 0 Å². The molecule has 21 aromatic rings. The molecule has 2 aliphatic heterocycles. The summed E-state index contributed by atoms with van der Waals surface area (Å²) in [5.41, 5.74) is 22.9. The Morgan fingerprint density at radius 3 is 0.748 bits per heavy atom. The van der Waals surface area contributed by atoms with E-state index in [9.17, 15) is 0 Å². The summed E-state index contributed by atoms with van der Waals surface area (Å²) in [6.45, 7) is 16.5. The van der Waals surface area contributed by atoms with E-state index >= 15 is 0 Å². The SMILES string of the molecule is Brc1ccc(-c2cncc3ccccc23)nc1.CC1(C)OB(c2cc(B3OC(C)(C)C(C)(C)O3)cc(-c3nc(-c4cccc(-c5ccccc5)c4)nc(-c4cccc(-c5ccccc5)c4)n3)c2)OC1(C)C.c1ccc(-c2cccc(-c3nc(-c4cccc(-c5ccccc5)c4)nc(-c4cc(-c5ccc(-c6cncc7ccccc67)nc5)cc(-c5ccc(-c6cncc7ccccc67)nc5)c4)n3)c2)cc1. The number of pyridine rings is 6. The van der Waals surface area contributed by atoms with E-state index in [1.54, 1.807) is 6.20 Å². The number of halogens is 1. The molecule has 670 valence electrons. The van der Waals surface area contributed by atoms with Crippen LogP contribution in [0, 0.1) is 0 Å². The Bertz CT molecular complexity index is 7670. The number of hydrogen-bond donors (Lipinski definition) is 0. The molecule has 139 heavy (non-hydrogen) atoms. The molecular weight excluding hydrogens is 1770 g/mol. The maximum absolute atomic E-state index is 6.58. The second-order valence-corrected chi connectivity index (χ2v) is 37.6. The molecule has 8 aromatic heterocycles. The van der Waals surface area contributed by atoms with Crippen LogP contribution in [0.25, 0.3) is 201 Å². The Kier molecular flexibility index (Phi) is 24.7. The van der Waals surface area contributed by atoms with Crippen LogP contribution in [0.15, 0.2) is 424 Å². The zero-order chi connectivity index (χ0) is 94.8. The smallest absolute Gasteiger partial charge is 0.399 e. The van der Waals surface area contributed by atoms with Crippen molar-refractivity contribution in [2.24, 2.45) is 0 Å². The fourth-order valence-corrected chi connectivity index (χ4v) is 17.7. The lowest BCUT2D eigenvalue weighted by molar-refractivity contribution is 0.00578. The predicted octanol–water partition coefficient (Wildman–Crippen LogP) is 27.6. The summed E-state index contributed by atoms with van der Waals surface area (Å²) in [5, 5.41) is 6.66. The summed E-state index contributed by atoms with van der Waals surface area (Å²) in [6.07, 6.45) is 16.9. The average Bonchev–Trinajstić information content (AvgIpc) is 1.61. The molecule has 13 aromatic carbocycles. The highest BCUT2D eigenvalue weighted by molar-refractivity contribution is 9.10. The van der Waals surface area contributed by atoms with Gasteiger partial charge in [0.1, 0.15) is 0 Å². The average molecular weight is 1870 g/mol. The highest BCUT2D eigenvalue weighted by Gasteiger charge is 2.54. The summed E-state index contributed by atoms with van der Waals surface area (Å²) in [4.78, 5) is 59.0. The van der Waals surface area contributed by atoms with E-state index in [-0.39, 0.29) is 0 Å². The minimum atomic E-state index is -0.623. The molecular formula is C120H93B2BrN12O4. The van der Waals surface area contributed by atoms with Crippen LogP contribution in [0.4, 0.5) is 0 Å². The molecule has 0 bridgehead atoms.